The van der Waals surface area contributed by atoms with Crippen molar-refractivity contribution in [3.63, 3.8) is 0 Å². The summed E-state index contributed by atoms with van der Waals surface area (Å²) in [6.45, 7) is 6.81. The molecule has 4 heteroatoms. The zero-order valence-electron chi connectivity index (χ0n) is 12.4. The first-order valence-electron chi connectivity index (χ1n) is 7.47. The van der Waals surface area contributed by atoms with Crippen molar-refractivity contribution < 1.29 is 9.50 Å². The van der Waals surface area contributed by atoms with Gasteiger partial charge in [0.2, 0.25) is 0 Å². The van der Waals surface area contributed by atoms with Gasteiger partial charge in [0, 0.05) is 32.3 Å². The molecule has 1 aliphatic heterocycles. The number of rotatable bonds is 6. The van der Waals surface area contributed by atoms with Gasteiger partial charge in [-0.1, -0.05) is 19.9 Å². The van der Waals surface area contributed by atoms with Gasteiger partial charge in [0.15, 0.2) is 0 Å². The molecule has 2 rings (SSSR count). The van der Waals surface area contributed by atoms with Crippen LogP contribution < -0.4 is 10.2 Å². The van der Waals surface area contributed by atoms with Crippen molar-refractivity contribution in [2.24, 2.45) is 5.92 Å². The average molecular weight is 280 g/mol. The maximum Gasteiger partial charge on any atom is 0.146 e. The van der Waals surface area contributed by atoms with Gasteiger partial charge in [0.1, 0.15) is 5.82 Å². The van der Waals surface area contributed by atoms with E-state index in [4.69, 9.17) is 5.11 Å². The number of nitrogens with zero attached hydrogens (tertiary/aromatic N) is 1. The minimum atomic E-state index is -0.141. The molecule has 3 nitrogen and oxygen atoms in total. The van der Waals surface area contributed by atoms with Crippen LogP contribution in [0.25, 0.3) is 0 Å². The Hall–Kier alpha value is -1.13. The summed E-state index contributed by atoms with van der Waals surface area (Å²) in [4.78, 5) is 2.09. The number of hydrogen-bond donors (Lipinski definition) is 2. The fourth-order valence-electron chi connectivity index (χ4n) is 2.71. The first kappa shape index (κ1) is 15.3. The summed E-state index contributed by atoms with van der Waals surface area (Å²) >= 11 is 0. The first-order chi connectivity index (χ1) is 9.60. The Bertz CT molecular complexity index is 436. The largest absolute Gasteiger partial charge is 0.396 e. The summed E-state index contributed by atoms with van der Waals surface area (Å²) in [6.07, 6.45) is 1.85. The zero-order chi connectivity index (χ0) is 14.5. The smallest absolute Gasteiger partial charge is 0.146 e. The molecule has 1 saturated heterocycles. The minimum absolute atomic E-state index is 0.141. The summed E-state index contributed by atoms with van der Waals surface area (Å²) in [5.41, 5.74) is 1.67. The molecule has 0 saturated carbocycles. The molecule has 20 heavy (non-hydrogen) atoms. The maximum atomic E-state index is 14.2. The third-order valence-electron chi connectivity index (χ3n) is 3.89. The molecule has 0 amide bonds. The highest BCUT2D eigenvalue weighted by Gasteiger charge is 2.24. The topological polar surface area (TPSA) is 35.5 Å². The average Bonchev–Trinajstić information content (AvgIpc) is 2.85. The minimum Gasteiger partial charge on any atom is -0.396 e. The number of aliphatic hydroxyl groups is 1. The van der Waals surface area contributed by atoms with Crippen molar-refractivity contribution >= 4 is 5.69 Å². The Morgan fingerprint density at radius 2 is 2.25 bits per heavy atom. The van der Waals surface area contributed by atoms with Crippen LogP contribution in [0.3, 0.4) is 0 Å². The third-order valence-corrected chi connectivity index (χ3v) is 3.89. The number of aliphatic hydroxyl groups excluding tert-OH is 1. The molecule has 0 bridgehead atoms. The fourth-order valence-corrected chi connectivity index (χ4v) is 2.71. The zero-order valence-corrected chi connectivity index (χ0v) is 12.4. The number of hydrogen-bond acceptors (Lipinski definition) is 3. The van der Waals surface area contributed by atoms with Gasteiger partial charge in [0.05, 0.1) is 5.69 Å². The molecule has 1 aromatic rings. The second-order valence-electron chi connectivity index (χ2n) is 5.93. The van der Waals surface area contributed by atoms with E-state index in [1.54, 1.807) is 6.07 Å². The van der Waals surface area contributed by atoms with E-state index >= 15 is 0 Å². The fraction of sp³-hybridized carbons (Fsp3) is 0.625. The number of anilines is 1. The van der Waals surface area contributed by atoms with E-state index in [1.807, 2.05) is 12.1 Å². The highest BCUT2D eigenvalue weighted by molar-refractivity contribution is 5.50. The van der Waals surface area contributed by atoms with Crippen LogP contribution in [0.15, 0.2) is 18.2 Å². The Labute approximate surface area is 120 Å². The van der Waals surface area contributed by atoms with Gasteiger partial charge in [-0.15, -0.1) is 0 Å². The molecule has 1 atom stereocenters. The van der Waals surface area contributed by atoms with Crippen molar-refractivity contribution in [2.45, 2.75) is 39.3 Å². The van der Waals surface area contributed by atoms with Crippen LogP contribution in [-0.2, 0) is 6.54 Å². The predicted molar refractivity (Wildman–Crippen MR) is 80.4 cm³/mol. The Morgan fingerprint density at radius 1 is 1.45 bits per heavy atom. The van der Waals surface area contributed by atoms with Crippen molar-refractivity contribution in [1.29, 1.82) is 0 Å². The SMILES string of the molecule is CC(C)NCc1ccc(N2CCC(CCO)C2)c(F)c1. The molecule has 2 N–H and O–H groups in total. The van der Waals surface area contributed by atoms with Crippen LogP contribution in [0.4, 0.5) is 10.1 Å². The molecule has 1 unspecified atom stereocenters. The predicted octanol–water partition coefficient (Wildman–Crippen LogP) is 2.53. The number of nitrogens with one attached hydrogen (secondary N) is 1. The molecule has 0 aliphatic carbocycles. The van der Waals surface area contributed by atoms with Gasteiger partial charge in [-0.05, 0) is 36.5 Å². The standard InChI is InChI=1S/C16H25FN2O/c1-12(2)18-10-14-3-4-16(15(17)9-14)19-7-5-13(11-19)6-8-20/h3-4,9,12-13,18,20H,5-8,10-11H2,1-2H3. The molecular weight excluding hydrogens is 255 g/mol. The van der Waals surface area contributed by atoms with Gasteiger partial charge < -0.3 is 15.3 Å². The summed E-state index contributed by atoms with van der Waals surface area (Å²) in [5.74, 6) is 0.347. The van der Waals surface area contributed by atoms with Crippen molar-refractivity contribution in [3.8, 4) is 0 Å². The molecule has 1 aliphatic rings. The van der Waals surface area contributed by atoms with E-state index < -0.39 is 0 Å². The quantitative estimate of drug-likeness (QED) is 0.840. The normalized spacial score (nSPS) is 19.1. The van der Waals surface area contributed by atoms with E-state index in [2.05, 4.69) is 24.1 Å². The van der Waals surface area contributed by atoms with Gasteiger partial charge in [-0.3, -0.25) is 0 Å². The van der Waals surface area contributed by atoms with Crippen LogP contribution in [0, 0.1) is 11.7 Å². The molecule has 1 heterocycles. The lowest BCUT2D eigenvalue weighted by Crippen LogP contribution is -2.23. The monoisotopic (exact) mass is 280 g/mol. The molecule has 1 aromatic carbocycles. The van der Waals surface area contributed by atoms with E-state index in [0.29, 0.717) is 24.2 Å². The van der Waals surface area contributed by atoms with Gasteiger partial charge in [-0.25, -0.2) is 4.39 Å². The summed E-state index contributed by atoms with van der Waals surface area (Å²) in [7, 11) is 0. The van der Waals surface area contributed by atoms with Crippen LogP contribution in [0.2, 0.25) is 0 Å². The lowest BCUT2D eigenvalue weighted by Gasteiger charge is -2.20. The summed E-state index contributed by atoms with van der Waals surface area (Å²) < 4.78 is 14.2. The second-order valence-corrected chi connectivity index (χ2v) is 5.93. The Kier molecular flexibility index (Phi) is 5.38. The van der Waals surface area contributed by atoms with Crippen molar-refractivity contribution in [2.75, 3.05) is 24.6 Å². The van der Waals surface area contributed by atoms with Crippen LogP contribution >= 0.6 is 0 Å². The maximum absolute atomic E-state index is 14.2. The molecular formula is C16H25FN2O. The van der Waals surface area contributed by atoms with Gasteiger partial charge in [-0.2, -0.15) is 0 Å². The molecule has 0 radical (unpaired) electrons. The molecule has 0 aromatic heterocycles. The number of halogens is 1. The lowest BCUT2D eigenvalue weighted by molar-refractivity contribution is 0.263. The van der Waals surface area contributed by atoms with E-state index in [-0.39, 0.29) is 12.4 Å². The van der Waals surface area contributed by atoms with Crippen LogP contribution in [0.5, 0.6) is 0 Å². The number of benzene rings is 1. The van der Waals surface area contributed by atoms with Crippen LogP contribution in [-0.4, -0.2) is 30.8 Å². The third kappa shape index (κ3) is 3.93. The van der Waals surface area contributed by atoms with Gasteiger partial charge >= 0.3 is 0 Å². The second kappa shape index (κ2) is 7.04. The van der Waals surface area contributed by atoms with E-state index in [1.165, 1.54) is 0 Å². The van der Waals surface area contributed by atoms with Crippen molar-refractivity contribution in [3.05, 3.63) is 29.6 Å². The molecule has 112 valence electrons. The van der Waals surface area contributed by atoms with E-state index in [9.17, 15) is 4.39 Å². The Morgan fingerprint density at radius 3 is 2.90 bits per heavy atom. The summed E-state index contributed by atoms with van der Waals surface area (Å²) in [5, 5.41) is 12.3. The highest BCUT2D eigenvalue weighted by Crippen LogP contribution is 2.28. The Balaban J connectivity index is 1.99. The van der Waals surface area contributed by atoms with Gasteiger partial charge in [0.25, 0.3) is 0 Å². The van der Waals surface area contributed by atoms with E-state index in [0.717, 1.165) is 31.5 Å². The molecule has 1 fully saturated rings. The first-order valence-corrected chi connectivity index (χ1v) is 7.47. The summed E-state index contributed by atoms with van der Waals surface area (Å²) in [6, 6.07) is 5.90. The molecule has 0 spiro atoms. The van der Waals surface area contributed by atoms with Crippen LogP contribution in [0.1, 0.15) is 32.3 Å². The highest BCUT2D eigenvalue weighted by atomic mass is 19.1. The van der Waals surface area contributed by atoms with Crippen molar-refractivity contribution in [1.82, 2.24) is 5.32 Å². The lowest BCUT2D eigenvalue weighted by atomic mass is 10.1.